The lowest BCUT2D eigenvalue weighted by atomic mass is 10.1. The molecular formula is C16H18F2N4O. The average molecular weight is 320 g/mol. The van der Waals surface area contributed by atoms with Gasteiger partial charge in [0, 0.05) is 32.0 Å². The average Bonchev–Trinajstić information content (AvgIpc) is 3.20. The van der Waals surface area contributed by atoms with Crippen molar-refractivity contribution in [3.05, 3.63) is 53.9 Å². The van der Waals surface area contributed by atoms with Crippen LogP contribution in [-0.2, 0) is 6.42 Å². The molecule has 7 heteroatoms. The predicted molar refractivity (Wildman–Crippen MR) is 80.9 cm³/mol. The molecule has 0 radical (unpaired) electrons. The molecular weight excluding hydrogens is 302 g/mol. The Morgan fingerprint density at radius 2 is 2.26 bits per heavy atom. The van der Waals surface area contributed by atoms with Crippen molar-refractivity contribution in [1.82, 2.24) is 20.0 Å². The largest absolute Gasteiger partial charge is 0.338 e. The van der Waals surface area contributed by atoms with Crippen molar-refractivity contribution in [2.45, 2.75) is 18.9 Å². The normalized spacial score (nSPS) is 17.5. The molecule has 0 aliphatic carbocycles. The van der Waals surface area contributed by atoms with Crippen LogP contribution < -0.4 is 5.32 Å². The molecule has 1 aliphatic heterocycles. The minimum absolute atomic E-state index is 0.184. The summed E-state index contributed by atoms with van der Waals surface area (Å²) >= 11 is 0. The highest BCUT2D eigenvalue weighted by molar-refractivity contribution is 5.74. The van der Waals surface area contributed by atoms with E-state index in [-0.39, 0.29) is 30.6 Å². The van der Waals surface area contributed by atoms with Crippen LogP contribution in [0, 0.1) is 11.6 Å². The third kappa shape index (κ3) is 3.67. The second-order valence-corrected chi connectivity index (χ2v) is 5.59. The van der Waals surface area contributed by atoms with Crippen molar-refractivity contribution in [1.29, 1.82) is 0 Å². The molecule has 122 valence electrons. The molecule has 1 unspecified atom stereocenters. The first-order chi connectivity index (χ1) is 11.1. The lowest BCUT2D eigenvalue weighted by Crippen LogP contribution is -2.39. The van der Waals surface area contributed by atoms with Gasteiger partial charge in [0.25, 0.3) is 0 Å². The van der Waals surface area contributed by atoms with E-state index in [1.54, 1.807) is 11.1 Å². The molecule has 0 saturated carbocycles. The number of rotatable bonds is 4. The zero-order valence-corrected chi connectivity index (χ0v) is 12.6. The third-order valence-corrected chi connectivity index (χ3v) is 4.03. The Labute approximate surface area is 132 Å². The van der Waals surface area contributed by atoms with Gasteiger partial charge in [-0.1, -0.05) is 0 Å². The molecule has 5 nitrogen and oxygen atoms in total. The summed E-state index contributed by atoms with van der Waals surface area (Å²) in [4.78, 5) is 13.8. The van der Waals surface area contributed by atoms with Crippen LogP contribution in [0.5, 0.6) is 0 Å². The molecule has 0 bridgehead atoms. The fourth-order valence-electron chi connectivity index (χ4n) is 2.79. The van der Waals surface area contributed by atoms with Crippen molar-refractivity contribution in [2.24, 2.45) is 0 Å². The van der Waals surface area contributed by atoms with Gasteiger partial charge in [-0.25, -0.2) is 13.6 Å². The van der Waals surface area contributed by atoms with Gasteiger partial charge in [-0.05, 0) is 42.7 Å². The van der Waals surface area contributed by atoms with E-state index in [2.05, 4.69) is 10.4 Å². The molecule has 1 atom stereocenters. The summed E-state index contributed by atoms with van der Waals surface area (Å²) < 4.78 is 28.4. The summed E-state index contributed by atoms with van der Waals surface area (Å²) in [5, 5.41) is 6.95. The number of likely N-dealkylation sites (tertiary alicyclic amines) is 1. The van der Waals surface area contributed by atoms with Gasteiger partial charge in [0.2, 0.25) is 0 Å². The van der Waals surface area contributed by atoms with Crippen LogP contribution in [0.1, 0.15) is 18.0 Å². The number of hydrogen-bond acceptors (Lipinski definition) is 2. The minimum Gasteiger partial charge on any atom is -0.338 e. The van der Waals surface area contributed by atoms with Gasteiger partial charge < -0.3 is 10.2 Å². The number of aromatic nitrogens is 2. The van der Waals surface area contributed by atoms with Crippen molar-refractivity contribution < 1.29 is 13.6 Å². The Balaban J connectivity index is 1.47. The summed E-state index contributed by atoms with van der Waals surface area (Å²) in [5.41, 5.74) is 0.265. The van der Waals surface area contributed by atoms with Crippen LogP contribution in [-0.4, -0.2) is 40.3 Å². The van der Waals surface area contributed by atoms with E-state index < -0.39 is 11.6 Å². The molecule has 23 heavy (non-hydrogen) atoms. The third-order valence-electron chi connectivity index (χ3n) is 4.03. The van der Waals surface area contributed by atoms with E-state index >= 15 is 0 Å². The van der Waals surface area contributed by atoms with Gasteiger partial charge in [-0.3, -0.25) is 4.68 Å². The maximum Gasteiger partial charge on any atom is 0.317 e. The first kappa shape index (κ1) is 15.5. The Morgan fingerprint density at radius 1 is 1.39 bits per heavy atom. The van der Waals surface area contributed by atoms with Gasteiger partial charge in [0.15, 0.2) is 0 Å². The summed E-state index contributed by atoms with van der Waals surface area (Å²) in [7, 11) is 0. The molecule has 1 aliphatic rings. The SMILES string of the molecule is O=C(NCCc1cc(F)ccc1F)N1CCC(n2cccn2)C1. The van der Waals surface area contributed by atoms with E-state index in [0.717, 1.165) is 24.6 Å². The monoisotopic (exact) mass is 320 g/mol. The number of carbonyl (C=O) groups is 1. The molecule has 0 spiro atoms. The number of amides is 2. The van der Waals surface area contributed by atoms with E-state index in [4.69, 9.17) is 0 Å². The zero-order chi connectivity index (χ0) is 16.2. The number of halogens is 2. The Kier molecular flexibility index (Phi) is 4.55. The first-order valence-electron chi connectivity index (χ1n) is 7.59. The summed E-state index contributed by atoms with van der Waals surface area (Å²) in [6.07, 6.45) is 4.72. The maximum absolute atomic E-state index is 13.5. The second kappa shape index (κ2) is 6.76. The molecule has 3 rings (SSSR count). The molecule has 1 fully saturated rings. The highest BCUT2D eigenvalue weighted by atomic mass is 19.1. The molecule has 1 saturated heterocycles. The van der Waals surface area contributed by atoms with Crippen LogP contribution in [0.25, 0.3) is 0 Å². The lowest BCUT2D eigenvalue weighted by Gasteiger charge is -2.17. The van der Waals surface area contributed by atoms with Crippen molar-refractivity contribution in [3.63, 3.8) is 0 Å². The molecule has 1 aromatic heterocycles. The quantitative estimate of drug-likeness (QED) is 0.940. The number of hydrogen-bond donors (Lipinski definition) is 1. The van der Waals surface area contributed by atoms with Crippen molar-refractivity contribution in [2.75, 3.05) is 19.6 Å². The Bertz CT molecular complexity index is 675. The van der Waals surface area contributed by atoms with E-state index in [1.165, 1.54) is 0 Å². The van der Waals surface area contributed by atoms with Gasteiger partial charge in [0.05, 0.1) is 6.04 Å². The number of nitrogens with zero attached hydrogens (tertiary/aromatic N) is 3. The highest BCUT2D eigenvalue weighted by Gasteiger charge is 2.27. The molecule has 2 heterocycles. The highest BCUT2D eigenvalue weighted by Crippen LogP contribution is 2.20. The van der Waals surface area contributed by atoms with E-state index in [0.29, 0.717) is 13.1 Å². The second-order valence-electron chi connectivity index (χ2n) is 5.59. The van der Waals surface area contributed by atoms with Crippen LogP contribution >= 0.6 is 0 Å². The fraction of sp³-hybridized carbons (Fsp3) is 0.375. The topological polar surface area (TPSA) is 50.2 Å². The predicted octanol–water partition coefficient (Wildman–Crippen LogP) is 2.36. The standard InChI is InChI=1S/C16H18F2N4O/c17-13-2-3-15(18)12(10-13)4-7-19-16(23)21-9-5-14(11-21)22-8-1-6-20-22/h1-3,6,8,10,14H,4-5,7,9,11H2,(H,19,23). The summed E-state index contributed by atoms with van der Waals surface area (Å²) in [5.74, 6) is -0.935. The van der Waals surface area contributed by atoms with Gasteiger partial charge in [-0.15, -0.1) is 0 Å². The summed E-state index contributed by atoms with van der Waals surface area (Å²) in [6, 6.07) is 5.20. The molecule has 1 N–H and O–H groups in total. The Hall–Kier alpha value is -2.44. The molecule has 1 aromatic carbocycles. The maximum atomic E-state index is 13.5. The number of nitrogens with one attached hydrogen (secondary N) is 1. The lowest BCUT2D eigenvalue weighted by molar-refractivity contribution is 0.207. The summed E-state index contributed by atoms with van der Waals surface area (Å²) in [6.45, 7) is 1.52. The van der Waals surface area contributed by atoms with Crippen molar-refractivity contribution >= 4 is 6.03 Å². The molecule has 2 amide bonds. The van der Waals surface area contributed by atoms with Crippen molar-refractivity contribution in [3.8, 4) is 0 Å². The Morgan fingerprint density at radius 3 is 3.04 bits per heavy atom. The van der Waals surface area contributed by atoms with E-state index in [1.807, 2.05) is 16.9 Å². The van der Waals surface area contributed by atoms with Crippen LogP contribution in [0.4, 0.5) is 13.6 Å². The van der Waals surface area contributed by atoms with Crippen LogP contribution in [0.15, 0.2) is 36.7 Å². The van der Waals surface area contributed by atoms with E-state index in [9.17, 15) is 13.6 Å². The zero-order valence-electron chi connectivity index (χ0n) is 12.6. The van der Waals surface area contributed by atoms with Crippen LogP contribution in [0.2, 0.25) is 0 Å². The van der Waals surface area contributed by atoms with Gasteiger partial charge in [-0.2, -0.15) is 5.10 Å². The number of urea groups is 1. The van der Waals surface area contributed by atoms with Gasteiger partial charge >= 0.3 is 6.03 Å². The molecule has 2 aromatic rings. The smallest absolute Gasteiger partial charge is 0.317 e. The van der Waals surface area contributed by atoms with Crippen LogP contribution in [0.3, 0.4) is 0 Å². The number of benzene rings is 1. The van der Waals surface area contributed by atoms with Gasteiger partial charge in [0.1, 0.15) is 11.6 Å². The first-order valence-corrected chi connectivity index (χ1v) is 7.59. The number of carbonyl (C=O) groups excluding carboxylic acids is 1. The minimum atomic E-state index is -0.477. The fourth-order valence-corrected chi connectivity index (χ4v) is 2.79.